The lowest BCUT2D eigenvalue weighted by Gasteiger charge is -2.30. The number of hydrogen-bond acceptors (Lipinski definition) is 6. The summed E-state index contributed by atoms with van der Waals surface area (Å²) >= 11 is 0. The lowest BCUT2D eigenvalue weighted by molar-refractivity contribution is -0.387. The molecule has 148 valence electrons. The Morgan fingerprint density at radius 1 is 1.18 bits per heavy atom. The first kappa shape index (κ1) is 19.9. The highest BCUT2D eigenvalue weighted by Gasteiger charge is 2.35. The van der Waals surface area contributed by atoms with Gasteiger partial charge in [0, 0.05) is 30.8 Å². The van der Waals surface area contributed by atoms with Crippen LogP contribution in [0.25, 0.3) is 0 Å². The van der Waals surface area contributed by atoms with Gasteiger partial charge < -0.3 is 5.32 Å². The minimum Gasteiger partial charge on any atom is -0.310 e. The number of nitrogens with one attached hydrogen (secondary N) is 1. The number of sulfonamides is 1. The number of aromatic nitrogens is 1. The van der Waals surface area contributed by atoms with Gasteiger partial charge in [-0.3, -0.25) is 14.9 Å². The Labute approximate surface area is 162 Å². The second-order valence-electron chi connectivity index (χ2n) is 6.56. The van der Waals surface area contributed by atoms with Gasteiger partial charge in [0.2, 0.25) is 15.9 Å². The molecule has 0 radical (unpaired) electrons. The molecule has 2 heterocycles. The number of piperidine rings is 1. The predicted octanol–water partition coefficient (Wildman–Crippen LogP) is 2.34. The van der Waals surface area contributed by atoms with E-state index in [9.17, 15) is 23.3 Å². The molecular weight excluding hydrogens is 384 g/mol. The number of carbonyl (C=O) groups excluding carboxylic acids is 1. The SMILES string of the molecule is Cc1cccc(NC(=O)C2CCN(S(=O)(=O)c3ccccc3[N+](=O)[O-])CC2)n1. The molecule has 1 aromatic carbocycles. The van der Waals surface area contributed by atoms with Gasteiger partial charge in [-0.05, 0) is 38.0 Å². The van der Waals surface area contributed by atoms with Gasteiger partial charge in [0.05, 0.1) is 4.92 Å². The van der Waals surface area contributed by atoms with Crippen LogP contribution in [0.3, 0.4) is 0 Å². The molecule has 1 aliphatic heterocycles. The molecular formula is C18H20N4O5S. The zero-order chi connectivity index (χ0) is 20.3. The highest BCUT2D eigenvalue weighted by atomic mass is 32.2. The second kappa shape index (κ2) is 8.03. The Hall–Kier alpha value is -2.85. The molecule has 1 aromatic heterocycles. The molecule has 1 amide bonds. The van der Waals surface area contributed by atoms with E-state index < -0.39 is 20.6 Å². The maximum absolute atomic E-state index is 12.8. The summed E-state index contributed by atoms with van der Waals surface area (Å²) in [4.78, 5) is 26.8. The van der Waals surface area contributed by atoms with Crippen LogP contribution >= 0.6 is 0 Å². The highest BCUT2D eigenvalue weighted by Crippen LogP contribution is 2.29. The van der Waals surface area contributed by atoms with Crippen molar-refractivity contribution < 1.29 is 18.1 Å². The van der Waals surface area contributed by atoms with E-state index in [1.165, 1.54) is 28.6 Å². The Bertz CT molecular complexity index is 1000. The van der Waals surface area contributed by atoms with E-state index in [0.717, 1.165) is 5.69 Å². The van der Waals surface area contributed by atoms with Crippen molar-refractivity contribution in [2.75, 3.05) is 18.4 Å². The molecule has 1 saturated heterocycles. The number of carbonyl (C=O) groups is 1. The van der Waals surface area contributed by atoms with Crippen molar-refractivity contribution in [1.29, 1.82) is 0 Å². The molecule has 2 aromatic rings. The third-order valence-corrected chi connectivity index (χ3v) is 6.59. The van der Waals surface area contributed by atoms with Crippen LogP contribution in [-0.2, 0) is 14.8 Å². The molecule has 3 rings (SSSR count). The van der Waals surface area contributed by atoms with Crippen molar-refractivity contribution in [3.8, 4) is 0 Å². The van der Waals surface area contributed by atoms with Crippen LogP contribution in [0.1, 0.15) is 18.5 Å². The number of hydrogen-bond donors (Lipinski definition) is 1. The fourth-order valence-corrected chi connectivity index (χ4v) is 4.79. The molecule has 0 spiro atoms. The molecule has 1 N–H and O–H groups in total. The molecule has 0 aliphatic carbocycles. The number of amides is 1. The molecule has 0 saturated carbocycles. The fraction of sp³-hybridized carbons (Fsp3) is 0.333. The Balaban J connectivity index is 1.68. The van der Waals surface area contributed by atoms with Gasteiger partial charge in [0.25, 0.3) is 5.69 Å². The minimum absolute atomic E-state index is 0.119. The van der Waals surface area contributed by atoms with E-state index in [-0.39, 0.29) is 29.8 Å². The lowest BCUT2D eigenvalue weighted by atomic mass is 9.97. The zero-order valence-corrected chi connectivity index (χ0v) is 16.1. The average molecular weight is 404 g/mol. The summed E-state index contributed by atoms with van der Waals surface area (Å²) in [6.07, 6.45) is 0.662. The third kappa shape index (κ3) is 4.18. The number of nitro groups is 1. The van der Waals surface area contributed by atoms with E-state index >= 15 is 0 Å². The van der Waals surface area contributed by atoms with Crippen LogP contribution < -0.4 is 5.32 Å². The van der Waals surface area contributed by atoms with Crippen molar-refractivity contribution in [2.45, 2.75) is 24.7 Å². The molecule has 1 fully saturated rings. The molecule has 0 bridgehead atoms. The number of aryl methyl sites for hydroxylation is 1. The van der Waals surface area contributed by atoms with Crippen molar-refractivity contribution >= 4 is 27.4 Å². The largest absolute Gasteiger partial charge is 0.310 e. The first-order valence-electron chi connectivity index (χ1n) is 8.77. The Kier molecular flexibility index (Phi) is 5.71. The highest BCUT2D eigenvalue weighted by molar-refractivity contribution is 7.89. The van der Waals surface area contributed by atoms with Crippen LogP contribution in [0.5, 0.6) is 0 Å². The quantitative estimate of drug-likeness (QED) is 0.603. The van der Waals surface area contributed by atoms with E-state index in [4.69, 9.17) is 0 Å². The van der Waals surface area contributed by atoms with Gasteiger partial charge in [0.1, 0.15) is 5.82 Å². The minimum atomic E-state index is -4.00. The molecule has 0 atom stereocenters. The van der Waals surface area contributed by atoms with Gasteiger partial charge in [-0.2, -0.15) is 4.31 Å². The summed E-state index contributed by atoms with van der Waals surface area (Å²) < 4.78 is 26.9. The Morgan fingerprint density at radius 2 is 1.86 bits per heavy atom. The summed E-state index contributed by atoms with van der Waals surface area (Å²) in [5, 5.41) is 13.9. The summed E-state index contributed by atoms with van der Waals surface area (Å²) in [5.74, 6) is -0.0969. The molecule has 1 aliphatic rings. The average Bonchev–Trinajstić information content (AvgIpc) is 2.68. The third-order valence-electron chi connectivity index (χ3n) is 4.64. The van der Waals surface area contributed by atoms with E-state index in [1.54, 1.807) is 12.1 Å². The summed E-state index contributed by atoms with van der Waals surface area (Å²) in [7, 11) is -4.00. The van der Waals surface area contributed by atoms with Crippen LogP contribution in [0.15, 0.2) is 47.4 Å². The molecule has 0 unspecified atom stereocenters. The molecule has 10 heteroatoms. The number of rotatable bonds is 5. The topological polar surface area (TPSA) is 123 Å². The number of nitro benzene ring substituents is 1. The number of pyridine rings is 1. The van der Waals surface area contributed by atoms with Gasteiger partial charge in [-0.15, -0.1) is 0 Å². The van der Waals surface area contributed by atoms with E-state index in [2.05, 4.69) is 10.3 Å². The van der Waals surface area contributed by atoms with Gasteiger partial charge in [0.15, 0.2) is 4.90 Å². The molecule has 9 nitrogen and oxygen atoms in total. The maximum Gasteiger partial charge on any atom is 0.289 e. The normalized spacial score (nSPS) is 15.9. The van der Waals surface area contributed by atoms with Crippen molar-refractivity contribution in [3.05, 3.63) is 58.3 Å². The van der Waals surface area contributed by atoms with Gasteiger partial charge in [-0.25, -0.2) is 13.4 Å². The van der Waals surface area contributed by atoms with E-state index in [1.807, 2.05) is 13.0 Å². The maximum atomic E-state index is 12.8. The van der Waals surface area contributed by atoms with Gasteiger partial charge in [-0.1, -0.05) is 18.2 Å². The number of anilines is 1. The summed E-state index contributed by atoms with van der Waals surface area (Å²) in [6.45, 7) is 2.06. The van der Waals surface area contributed by atoms with Gasteiger partial charge >= 0.3 is 0 Å². The standard InChI is InChI=1S/C18H20N4O5S/c1-13-5-4-8-17(19-13)20-18(23)14-9-11-21(12-10-14)28(26,27)16-7-3-2-6-15(16)22(24)25/h2-8,14H,9-12H2,1H3,(H,19,20,23). The van der Waals surface area contributed by atoms with Crippen LogP contribution in [0.4, 0.5) is 11.5 Å². The number of benzene rings is 1. The first-order valence-corrected chi connectivity index (χ1v) is 10.2. The number of nitrogens with zero attached hydrogens (tertiary/aromatic N) is 3. The first-order chi connectivity index (χ1) is 13.3. The van der Waals surface area contributed by atoms with Crippen molar-refractivity contribution in [3.63, 3.8) is 0 Å². The fourth-order valence-electron chi connectivity index (χ4n) is 3.16. The zero-order valence-electron chi connectivity index (χ0n) is 15.2. The predicted molar refractivity (Wildman–Crippen MR) is 102 cm³/mol. The van der Waals surface area contributed by atoms with Crippen molar-refractivity contribution in [2.24, 2.45) is 5.92 Å². The van der Waals surface area contributed by atoms with Crippen LogP contribution in [0.2, 0.25) is 0 Å². The Morgan fingerprint density at radius 3 is 2.50 bits per heavy atom. The van der Waals surface area contributed by atoms with Crippen LogP contribution in [-0.4, -0.2) is 41.6 Å². The molecule has 28 heavy (non-hydrogen) atoms. The van der Waals surface area contributed by atoms with E-state index in [0.29, 0.717) is 18.7 Å². The van der Waals surface area contributed by atoms with Crippen LogP contribution in [0, 0.1) is 23.0 Å². The lowest BCUT2D eigenvalue weighted by Crippen LogP contribution is -2.41. The number of para-hydroxylation sites is 1. The second-order valence-corrected chi connectivity index (χ2v) is 8.46. The summed E-state index contributed by atoms with van der Waals surface area (Å²) in [5.41, 5.74) is 0.330. The summed E-state index contributed by atoms with van der Waals surface area (Å²) in [6, 6.07) is 10.6. The monoisotopic (exact) mass is 404 g/mol. The smallest absolute Gasteiger partial charge is 0.289 e. The van der Waals surface area contributed by atoms with Crippen molar-refractivity contribution in [1.82, 2.24) is 9.29 Å².